The Kier molecular flexibility index (Phi) is 4.53. The van der Waals surface area contributed by atoms with Gasteiger partial charge in [0.25, 0.3) is 0 Å². The highest BCUT2D eigenvalue weighted by Crippen LogP contribution is 2.21. The van der Waals surface area contributed by atoms with E-state index in [-0.39, 0.29) is 24.1 Å². The van der Waals surface area contributed by atoms with Gasteiger partial charge in [0, 0.05) is 19.1 Å². The van der Waals surface area contributed by atoms with Crippen LogP contribution in [-0.4, -0.2) is 36.5 Å². The molecular formula is C14H17FN4O. The van der Waals surface area contributed by atoms with E-state index in [1.165, 1.54) is 6.07 Å². The van der Waals surface area contributed by atoms with E-state index in [1.807, 2.05) is 11.0 Å². The van der Waals surface area contributed by atoms with Gasteiger partial charge >= 0.3 is 0 Å². The lowest BCUT2D eigenvalue weighted by molar-refractivity contribution is -0.119. The quantitative estimate of drug-likeness (QED) is 0.861. The summed E-state index contributed by atoms with van der Waals surface area (Å²) in [7, 11) is 0. The molecule has 1 fully saturated rings. The monoisotopic (exact) mass is 276 g/mol. The van der Waals surface area contributed by atoms with Crippen LogP contribution in [0.5, 0.6) is 0 Å². The molecule has 1 amide bonds. The summed E-state index contributed by atoms with van der Waals surface area (Å²) < 4.78 is 13.5. The molecule has 0 saturated carbocycles. The molecule has 2 rings (SSSR count). The van der Waals surface area contributed by atoms with E-state index in [2.05, 4.69) is 5.32 Å². The first-order valence-electron chi connectivity index (χ1n) is 6.56. The number of piperidine rings is 1. The number of benzene rings is 1. The number of likely N-dealkylation sites (tertiary alicyclic amines) is 1. The van der Waals surface area contributed by atoms with E-state index in [1.54, 1.807) is 12.1 Å². The topological polar surface area (TPSA) is 82.2 Å². The van der Waals surface area contributed by atoms with Crippen LogP contribution < -0.4 is 11.1 Å². The van der Waals surface area contributed by atoms with Gasteiger partial charge in [0.1, 0.15) is 17.4 Å². The standard InChI is InChI=1S/C14H17FN4O/c15-12-2-1-3-13(11(12)8-16)18-10-4-6-19(7-5-10)9-14(17)20/h1-3,10,18H,4-7,9H2,(H2,17,20). The van der Waals surface area contributed by atoms with Gasteiger partial charge in [0.05, 0.1) is 12.2 Å². The fraction of sp³-hybridized carbons (Fsp3) is 0.429. The van der Waals surface area contributed by atoms with Crippen molar-refractivity contribution < 1.29 is 9.18 Å². The van der Waals surface area contributed by atoms with E-state index in [9.17, 15) is 9.18 Å². The smallest absolute Gasteiger partial charge is 0.231 e. The summed E-state index contributed by atoms with van der Waals surface area (Å²) in [5, 5.41) is 12.2. The predicted molar refractivity (Wildman–Crippen MR) is 73.4 cm³/mol. The average Bonchev–Trinajstić information content (AvgIpc) is 2.41. The van der Waals surface area contributed by atoms with Crippen molar-refractivity contribution in [3.8, 4) is 6.07 Å². The highest BCUT2D eigenvalue weighted by molar-refractivity contribution is 5.75. The number of carbonyl (C=O) groups is 1. The minimum atomic E-state index is -0.510. The zero-order chi connectivity index (χ0) is 14.5. The van der Waals surface area contributed by atoms with Gasteiger partial charge in [-0.3, -0.25) is 9.69 Å². The molecule has 1 aromatic rings. The number of anilines is 1. The minimum absolute atomic E-state index is 0.0482. The highest BCUT2D eigenvalue weighted by Gasteiger charge is 2.21. The van der Waals surface area contributed by atoms with Crippen molar-refractivity contribution in [2.24, 2.45) is 5.73 Å². The Morgan fingerprint density at radius 1 is 1.50 bits per heavy atom. The molecule has 0 radical (unpaired) electrons. The summed E-state index contributed by atoms with van der Waals surface area (Å²) in [6.07, 6.45) is 1.66. The van der Waals surface area contributed by atoms with Gasteiger partial charge in [-0.05, 0) is 25.0 Å². The van der Waals surface area contributed by atoms with E-state index in [0.29, 0.717) is 5.69 Å². The number of halogens is 1. The average molecular weight is 276 g/mol. The van der Waals surface area contributed by atoms with Crippen LogP contribution in [-0.2, 0) is 4.79 Å². The largest absolute Gasteiger partial charge is 0.381 e. The molecule has 6 heteroatoms. The summed E-state index contributed by atoms with van der Waals surface area (Å²) in [6, 6.07) is 6.62. The Hall–Kier alpha value is -2.13. The number of nitrogens with two attached hydrogens (primary N) is 1. The molecule has 1 aliphatic heterocycles. The lowest BCUT2D eigenvalue weighted by atomic mass is 10.0. The van der Waals surface area contributed by atoms with Gasteiger partial charge in [-0.2, -0.15) is 5.26 Å². The fourth-order valence-electron chi connectivity index (χ4n) is 2.43. The van der Waals surface area contributed by atoms with Crippen LogP contribution in [0.2, 0.25) is 0 Å². The molecule has 0 aliphatic carbocycles. The van der Waals surface area contributed by atoms with Crippen molar-refractivity contribution in [1.29, 1.82) is 5.26 Å². The summed E-state index contributed by atoms with van der Waals surface area (Å²) in [4.78, 5) is 12.8. The molecule has 1 aliphatic rings. The van der Waals surface area contributed by atoms with Gasteiger partial charge in [-0.25, -0.2) is 4.39 Å². The van der Waals surface area contributed by atoms with Gasteiger partial charge in [-0.1, -0.05) is 6.07 Å². The molecule has 5 nitrogen and oxygen atoms in total. The molecular weight excluding hydrogens is 259 g/mol. The first kappa shape index (κ1) is 14.3. The number of carbonyl (C=O) groups excluding carboxylic acids is 1. The Morgan fingerprint density at radius 2 is 2.20 bits per heavy atom. The zero-order valence-electron chi connectivity index (χ0n) is 11.1. The maximum atomic E-state index is 13.5. The summed E-state index contributed by atoms with van der Waals surface area (Å²) in [5.41, 5.74) is 5.74. The number of nitrogens with zero attached hydrogens (tertiary/aromatic N) is 2. The van der Waals surface area contributed by atoms with Gasteiger partial charge in [0.2, 0.25) is 5.91 Å². The van der Waals surface area contributed by atoms with Crippen LogP contribution in [0.3, 0.4) is 0 Å². The number of hydrogen-bond donors (Lipinski definition) is 2. The number of nitriles is 1. The molecule has 0 atom stereocenters. The Balaban J connectivity index is 1.95. The second kappa shape index (κ2) is 6.35. The molecule has 106 valence electrons. The first-order chi connectivity index (χ1) is 9.60. The Morgan fingerprint density at radius 3 is 2.80 bits per heavy atom. The second-order valence-electron chi connectivity index (χ2n) is 4.94. The number of amides is 1. The van der Waals surface area contributed by atoms with Gasteiger partial charge < -0.3 is 11.1 Å². The zero-order valence-corrected chi connectivity index (χ0v) is 11.1. The van der Waals surface area contributed by atoms with Crippen LogP contribution >= 0.6 is 0 Å². The molecule has 0 spiro atoms. The maximum Gasteiger partial charge on any atom is 0.231 e. The van der Waals surface area contributed by atoms with Gasteiger partial charge in [-0.15, -0.1) is 0 Å². The molecule has 1 saturated heterocycles. The van der Waals surface area contributed by atoms with Crippen molar-refractivity contribution >= 4 is 11.6 Å². The van der Waals surface area contributed by atoms with E-state index in [0.717, 1.165) is 25.9 Å². The number of hydrogen-bond acceptors (Lipinski definition) is 4. The maximum absolute atomic E-state index is 13.5. The molecule has 1 aromatic carbocycles. The number of primary amides is 1. The fourth-order valence-corrected chi connectivity index (χ4v) is 2.43. The summed E-state index contributed by atoms with van der Waals surface area (Å²) >= 11 is 0. The summed E-state index contributed by atoms with van der Waals surface area (Å²) in [6.45, 7) is 1.80. The van der Waals surface area contributed by atoms with Gasteiger partial charge in [0.15, 0.2) is 0 Å². The SMILES string of the molecule is N#Cc1c(F)cccc1NC1CCN(CC(N)=O)CC1. The third-order valence-electron chi connectivity index (χ3n) is 3.45. The second-order valence-corrected chi connectivity index (χ2v) is 4.94. The molecule has 20 heavy (non-hydrogen) atoms. The molecule has 0 unspecified atom stereocenters. The van der Waals surface area contributed by atoms with Crippen molar-refractivity contribution in [1.82, 2.24) is 4.90 Å². The number of nitrogens with one attached hydrogen (secondary N) is 1. The van der Waals surface area contributed by atoms with E-state index < -0.39 is 5.82 Å². The van der Waals surface area contributed by atoms with Crippen LogP contribution in [0.15, 0.2) is 18.2 Å². The third-order valence-corrected chi connectivity index (χ3v) is 3.45. The lowest BCUT2D eigenvalue weighted by Crippen LogP contribution is -2.43. The van der Waals surface area contributed by atoms with Crippen LogP contribution in [0.25, 0.3) is 0 Å². The minimum Gasteiger partial charge on any atom is -0.381 e. The van der Waals surface area contributed by atoms with E-state index in [4.69, 9.17) is 11.0 Å². The van der Waals surface area contributed by atoms with Crippen molar-refractivity contribution in [3.63, 3.8) is 0 Å². The molecule has 1 heterocycles. The van der Waals surface area contributed by atoms with Crippen molar-refractivity contribution in [2.45, 2.75) is 18.9 Å². The van der Waals surface area contributed by atoms with Crippen molar-refractivity contribution in [3.05, 3.63) is 29.6 Å². The van der Waals surface area contributed by atoms with E-state index >= 15 is 0 Å². The highest BCUT2D eigenvalue weighted by atomic mass is 19.1. The van der Waals surface area contributed by atoms with Crippen LogP contribution in [0.4, 0.5) is 10.1 Å². The third kappa shape index (κ3) is 3.45. The lowest BCUT2D eigenvalue weighted by Gasteiger charge is -2.32. The van der Waals surface area contributed by atoms with Crippen molar-refractivity contribution in [2.75, 3.05) is 25.0 Å². The number of rotatable bonds is 4. The predicted octanol–water partition coefficient (Wildman–Crippen LogP) is 1.06. The molecule has 3 N–H and O–H groups in total. The summed E-state index contributed by atoms with van der Waals surface area (Å²) in [5.74, 6) is -0.836. The Labute approximate surface area is 117 Å². The molecule has 0 aromatic heterocycles. The Bertz CT molecular complexity index is 532. The van der Waals surface area contributed by atoms with Crippen LogP contribution in [0, 0.1) is 17.1 Å². The first-order valence-corrected chi connectivity index (χ1v) is 6.56. The normalized spacial score (nSPS) is 16.6. The molecule has 0 bridgehead atoms. The van der Waals surface area contributed by atoms with Crippen LogP contribution in [0.1, 0.15) is 18.4 Å².